The van der Waals surface area contributed by atoms with Crippen LogP contribution in [0.25, 0.3) is 11.3 Å². The maximum Gasteiger partial charge on any atom is 0.254 e. The van der Waals surface area contributed by atoms with Gasteiger partial charge in [-0.3, -0.25) is 4.79 Å². The van der Waals surface area contributed by atoms with Crippen molar-refractivity contribution in [3.05, 3.63) is 102 Å². The van der Waals surface area contributed by atoms with Crippen molar-refractivity contribution >= 4 is 17.2 Å². The summed E-state index contributed by atoms with van der Waals surface area (Å²) in [4.78, 5) is 24.4. The predicted molar refractivity (Wildman–Crippen MR) is 126 cm³/mol. The lowest BCUT2D eigenvalue weighted by atomic mass is 10.1. The van der Waals surface area contributed by atoms with Crippen LogP contribution in [0.15, 0.2) is 85.5 Å². The largest absolute Gasteiger partial charge is 0.491 e. The highest BCUT2D eigenvalue weighted by atomic mass is 16.5. The topological polar surface area (TPSA) is 64.1 Å². The summed E-state index contributed by atoms with van der Waals surface area (Å²) in [6.07, 6.45) is 7.65. The molecule has 1 amide bonds. The molecule has 0 aliphatic rings. The van der Waals surface area contributed by atoms with Gasteiger partial charge in [-0.15, -0.1) is 0 Å². The highest BCUT2D eigenvalue weighted by Crippen LogP contribution is 2.19. The Bertz CT molecular complexity index is 1330. The fourth-order valence-electron chi connectivity index (χ4n) is 3.93. The van der Waals surface area contributed by atoms with Crippen molar-refractivity contribution in [1.82, 2.24) is 23.7 Å². The van der Waals surface area contributed by atoms with Gasteiger partial charge in [0.15, 0.2) is 0 Å². The number of fused-ring (bicyclic) bond motifs is 2. The normalized spacial score (nSPS) is 11.4. The van der Waals surface area contributed by atoms with E-state index in [1.54, 1.807) is 0 Å². The van der Waals surface area contributed by atoms with Gasteiger partial charge in [0, 0.05) is 18.0 Å². The van der Waals surface area contributed by atoms with Gasteiger partial charge >= 0.3 is 0 Å². The molecule has 0 saturated heterocycles. The Labute approximate surface area is 191 Å². The van der Waals surface area contributed by atoms with E-state index in [9.17, 15) is 4.79 Å². The Hall–Kier alpha value is -4.13. The Kier molecular flexibility index (Phi) is 5.52. The summed E-state index contributed by atoms with van der Waals surface area (Å²) in [5.74, 6) is 0.680. The third-order valence-corrected chi connectivity index (χ3v) is 5.45. The monoisotopic (exact) mass is 439 g/mol. The van der Waals surface area contributed by atoms with Crippen LogP contribution < -0.4 is 4.74 Å². The van der Waals surface area contributed by atoms with Gasteiger partial charge in [-0.1, -0.05) is 12.1 Å². The minimum atomic E-state index is -0.0668. The third kappa shape index (κ3) is 4.30. The van der Waals surface area contributed by atoms with Gasteiger partial charge in [0.25, 0.3) is 5.91 Å². The summed E-state index contributed by atoms with van der Waals surface area (Å²) in [7, 11) is 0. The number of nitrogens with zero attached hydrogens (tertiary/aromatic N) is 5. The van der Waals surface area contributed by atoms with Gasteiger partial charge in [-0.25, -0.2) is 9.97 Å². The molecule has 0 fully saturated rings. The molecule has 0 spiro atoms. The molecule has 33 heavy (non-hydrogen) atoms. The van der Waals surface area contributed by atoms with Crippen LogP contribution >= 0.6 is 0 Å². The lowest BCUT2D eigenvalue weighted by molar-refractivity contribution is 0.0725. The van der Waals surface area contributed by atoms with Crippen molar-refractivity contribution in [3.8, 4) is 5.75 Å². The fraction of sp³-hybridized carbons (Fsp3) is 0.192. The van der Waals surface area contributed by atoms with E-state index in [0.29, 0.717) is 18.7 Å². The van der Waals surface area contributed by atoms with Crippen molar-refractivity contribution in [2.24, 2.45) is 0 Å². The fourth-order valence-corrected chi connectivity index (χ4v) is 3.93. The van der Waals surface area contributed by atoms with Crippen molar-refractivity contribution in [2.75, 3.05) is 0 Å². The lowest BCUT2D eigenvalue weighted by Gasteiger charge is -2.23. The second-order valence-corrected chi connectivity index (χ2v) is 8.21. The van der Waals surface area contributed by atoms with Crippen LogP contribution in [0.5, 0.6) is 5.75 Å². The van der Waals surface area contributed by atoms with Crippen molar-refractivity contribution in [1.29, 1.82) is 0 Å². The van der Waals surface area contributed by atoms with E-state index >= 15 is 0 Å². The van der Waals surface area contributed by atoms with Crippen LogP contribution in [0.2, 0.25) is 0 Å². The van der Waals surface area contributed by atoms with E-state index in [2.05, 4.69) is 9.97 Å². The minimum Gasteiger partial charge on any atom is -0.491 e. The summed E-state index contributed by atoms with van der Waals surface area (Å²) in [5, 5.41) is 0. The molecular formula is C26H25N5O2. The molecule has 0 saturated carbocycles. The number of aromatic nitrogens is 4. The summed E-state index contributed by atoms with van der Waals surface area (Å²) >= 11 is 0. The average Bonchev–Trinajstić information content (AvgIpc) is 3.43. The second-order valence-electron chi connectivity index (χ2n) is 8.21. The Morgan fingerprint density at radius 1 is 0.848 bits per heavy atom. The zero-order valence-corrected chi connectivity index (χ0v) is 18.6. The van der Waals surface area contributed by atoms with Gasteiger partial charge in [-0.05, 0) is 62.4 Å². The van der Waals surface area contributed by atoms with Gasteiger partial charge in [0.1, 0.15) is 17.0 Å². The minimum absolute atomic E-state index is 0.0668. The number of carbonyl (C=O) groups excluding carboxylic acids is 1. The third-order valence-electron chi connectivity index (χ3n) is 5.45. The average molecular weight is 440 g/mol. The van der Waals surface area contributed by atoms with Gasteiger partial charge < -0.3 is 18.4 Å². The number of ether oxygens (including phenoxy) is 1. The second kappa shape index (κ2) is 8.78. The van der Waals surface area contributed by atoms with Crippen molar-refractivity contribution in [3.63, 3.8) is 0 Å². The molecule has 0 aliphatic heterocycles. The van der Waals surface area contributed by atoms with Crippen LogP contribution in [-0.2, 0) is 13.1 Å². The smallest absolute Gasteiger partial charge is 0.254 e. The van der Waals surface area contributed by atoms with E-state index in [0.717, 1.165) is 28.4 Å². The molecule has 0 radical (unpaired) electrons. The number of carbonyl (C=O) groups is 1. The first-order chi connectivity index (χ1) is 16.1. The number of hydrogen-bond acceptors (Lipinski definition) is 4. The number of pyridine rings is 2. The summed E-state index contributed by atoms with van der Waals surface area (Å²) in [5.41, 5.74) is 4.18. The quantitative estimate of drug-likeness (QED) is 0.371. The molecule has 0 unspecified atom stereocenters. The van der Waals surface area contributed by atoms with Crippen LogP contribution in [0.4, 0.5) is 0 Å². The predicted octanol–water partition coefficient (Wildman–Crippen LogP) is 4.61. The molecule has 0 aliphatic carbocycles. The van der Waals surface area contributed by atoms with E-state index in [1.165, 1.54) is 0 Å². The molecule has 7 nitrogen and oxygen atoms in total. The maximum absolute atomic E-state index is 13.6. The number of hydrogen-bond donors (Lipinski definition) is 0. The molecule has 0 bridgehead atoms. The zero-order chi connectivity index (χ0) is 22.8. The number of imidazole rings is 2. The van der Waals surface area contributed by atoms with Crippen molar-refractivity contribution in [2.45, 2.75) is 33.0 Å². The van der Waals surface area contributed by atoms with Crippen LogP contribution in [0, 0.1) is 0 Å². The lowest BCUT2D eigenvalue weighted by Crippen LogP contribution is -2.31. The maximum atomic E-state index is 13.6. The van der Waals surface area contributed by atoms with Gasteiger partial charge in [0.2, 0.25) is 0 Å². The Morgan fingerprint density at radius 3 is 1.91 bits per heavy atom. The molecule has 4 heterocycles. The SMILES string of the molecule is CC(C)Oc1ccc(C(=O)N(Cc2cnc3ccccn23)Cc2cnc3ccccn23)cc1. The molecule has 166 valence electrons. The zero-order valence-electron chi connectivity index (χ0n) is 18.6. The molecule has 0 atom stereocenters. The highest BCUT2D eigenvalue weighted by molar-refractivity contribution is 5.94. The van der Waals surface area contributed by atoms with Crippen LogP contribution in [-0.4, -0.2) is 35.7 Å². The molecule has 7 heteroatoms. The molecule has 4 aromatic heterocycles. The molecule has 1 aromatic carbocycles. The Morgan fingerprint density at radius 2 is 1.39 bits per heavy atom. The van der Waals surface area contributed by atoms with Crippen molar-refractivity contribution < 1.29 is 9.53 Å². The number of amides is 1. The van der Waals surface area contributed by atoms with E-state index in [4.69, 9.17) is 4.74 Å². The first-order valence-electron chi connectivity index (χ1n) is 11.0. The Balaban J connectivity index is 1.48. The van der Waals surface area contributed by atoms with E-state index in [1.807, 2.05) is 113 Å². The summed E-state index contributed by atoms with van der Waals surface area (Å²) in [6.45, 7) is 4.78. The first kappa shape index (κ1) is 20.8. The number of benzene rings is 1. The van der Waals surface area contributed by atoms with E-state index < -0.39 is 0 Å². The first-order valence-corrected chi connectivity index (χ1v) is 11.0. The van der Waals surface area contributed by atoms with Crippen LogP contribution in [0.3, 0.4) is 0 Å². The standard InChI is InChI=1S/C26H25N5O2/c1-19(2)33-23-11-9-20(10-12-23)26(32)29(17-21-15-27-24-7-3-5-13-30(21)24)18-22-16-28-25-8-4-6-14-31(22)25/h3-16,19H,17-18H2,1-2H3. The molecule has 0 N–H and O–H groups in total. The van der Waals surface area contributed by atoms with Gasteiger partial charge in [0.05, 0.1) is 43.0 Å². The number of rotatable bonds is 7. The van der Waals surface area contributed by atoms with Gasteiger partial charge in [-0.2, -0.15) is 0 Å². The molecule has 5 rings (SSSR count). The van der Waals surface area contributed by atoms with E-state index in [-0.39, 0.29) is 12.0 Å². The molecular weight excluding hydrogens is 414 g/mol. The summed E-state index contributed by atoms with van der Waals surface area (Å²) in [6, 6.07) is 19.0. The molecule has 5 aromatic rings. The van der Waals surface area contributed by atoms with Crippen LogP contribution in [0.1, 0.15) is 35.6 Å². The highest BCUT2D eigenvalue weighted by Gasteiger charge is 2.20. The summed E-state index contributed by atoms with van der Waals surface area (Å²) < 4.78 is 9.74.